The normalized spacial score (nSPS) is 17.8. The fraction of sp³-hybridized carbons (Fsp3) is 0.318. The second-order valence-electron chi connectivity index (χ2n) is 7.55. The Morgan fingerprint density at radius 2 is 1.70 bits per heavy atom. The Morgan fingerprint density at radius 3 is 2.26 bits per heavy atom. The quantitative estimate of drug-likeness (QED) is 0.793. The van der Waals surface area contributed by atoms with Gasteiger partial charge in [-0.3, -0.25) is 4.79 Å². The van der Waals surface area contributed by atoms with Crippen molar-refractivity contribution in [2.24, 2.45) is 5.92 Å². The first-order chi connectivity index (χ1) is 12.7. The van der Waals surface area contributed by atoms with Crippen LogP contribution in [-0.4, -0.2) is 46.0 Å². The molecule has 0 saturated heterocycles. The van der Waals surface area contributed by atoms with Crippen molar-refractivity contribution in [1.29, 1.82) is 0 Å². The van der Waals surface area contributed by atoms with E-state index in [0.29, 0.717) is 13.0 Å². The van der Waals surface area contributed by atoms with Gasteiger partial charge in [0.2, 0.25) is 0 Å². The molecular formula is C22H25NO3S. The molecule has 142 valence electrons. The number of sulfone groups is 1. The number of hydrogen-bond donors (Lipinski definition) is 0. The van der Waals surface area contributed by atoms with Crippen molar-refractivity contribution in [2.75, 3.05) is 26.9 Å². The van der Waals surface area contributed by atoms with E-state index >= 15 is 0 Å². The predicted molar refractivity (Wildman–Crippen MR) is 109 cm³/mol. The van der Waals surface area contributed by atoms with Gasteiger partial charge in [-0.1, -0.05) is 42.0 Å². The van der Waals surface area contributed by atoms with Gasteiger partial charge in [-0.2, -0.15) is 0 Å². The number of benzene rings is 2. The summed E-state index contributed by atoms with van der Waals surface area (Å²) in [6.45, 7) is 2.71. The van der Waals surface area contributed by atoms with Crippen molar-refractivity contribution in [1.82, 2.24) is 4.90 Å². The van der Waals surface area contributed by atoms with E-state index in [1.807, 2.05) is 62.3 Å². The molecule has 0 heterocycles. The molecule has 5 heteroatoms. The van der Waals surface area contributed by atoms with Gasteiger partial charge in [0.1, 0.15) is 0 Å². The third-order valence-electron chi connectivity index (χ3n) is 4.89. The van der Waals surface area contributed by atoms with E-state index in [1.54, 1.807) is 12.1 Å². The molecule has 0 bridgehead atoms. The van der Waals surface area contributed by atoms with E-state index in [-0.39, 0.29) is 16.6 Å². The summed E-state index contributed by atoms with van der Waals surface area (Å²) in [5, 5.41) is 0. The molecule has 0 spiro atoms. The zero-order valence-electron chi connectivity index (χ0n) is 16.2. The van der Waals surface area contributed by atoms with Crippen LogP contribution in [0, 0.1) is 12.8 Å². The maximum Gasteiger partial charge on any atom is 0.175 e. The van der Waals surface area contributed by atoms with Gasteiger partial charge in [0.05, 0.1) is 4.90 Å². The monoisotopic (exact) mass is 383 g/mol. The Labute approximate surface area is 161 Å². The van der Waals surface area contributed by atoms with Crippen molar-refractivity contribution in [3.63, 3.8) is 0 Å². The van der Waals surface area contributed by atoms with Gasteiger partial charge >= 0.3 is 0 Å². The number of carbonyl (C=O) groups is 1. The average molecular weight is 384 g/mol. The largest absolute Gasteiger partial charge is 0.309 e. The van der Waals surface area contributed by atoms with Crippen molar-refractivity contribution < 1.29 is 13.2 Å². The van der Waals surface area contributed by atoms with Crippen molar-refractivity contribution in [2.45, 2.75) is 18.2 Å². The van der Waals surface area contributed by atoms with Crippen LogP contribution in [0.15, 0.2) is 53.4 Å². The van der Waals surface area contributed by atoms with Gasteiger partial charge in [0.25, 0.3) is 0 Å². The van der Waals surface area contributed by atoms with E-state index in [9.17, 15) is 13.2 Å². The van der Waals surface area contributed by atoms with E-state index in [2.05, 4.69) is 0 Å². The van der Waals surface area contributed by atoms with Crippen LogP contribution in [0.5, 0.6) is 0 Å². The first-order valence-electron chi connectivity index (χ1n) is 8.96. The molecule has 0 radical (unpaired) electrons. The van der Waals surface area contributed by atoms with Gasteiger partial charge in [-0.15, -0.1) is 0 Å². The zero-order chi connectivity index (χ0) is 19.8. The lowest BCUT2D eigenvalue weighted by Crippen LogP contribution is -2.25. The first kappa shape index (κ1) is 19.5. The van der Waals surface area contributed by atoms with E-state index < -0.39 is 9.84 Å². The van der Waals surface area contributed by atoms with E-state index in [0.717, 1.165) is 27.8 Å². The number of allylic oxidation sites excluding steroid dienone is 2. The summed E-state index contributed by atoms with van der Waals surface area (Å²) < 4.78 is 23.5. The van der Waals surface area contributed by atoms with Crippen LogP contribution in [0.2, 0.25) is 0 Å². The predicted octanol–water partition coefficient (Wildman–Crippen LogP) is 3.46. The van der Waals surface area contributed by atoms with Gasteiger partial charge in [0.15, 0.2) is 15.6 Å². The summed E-state index contributed by atoms with van der Waals surface area (Å²) >= 11 is 0. The topological polar surface area (TPSA) is 54.5 Å². The SMILES string of the molecule is Cc1cccc(C2=C(c3ccc(S(C)(=O)=O)cc3)CC(CN(C)C)C2=O)c1. The molecule has 1 atom stereocenters. The minimum atomic E-state index is -3.24. The molecule has 4 nitrogen and oxygen atoms in total. The summed E-state index contributed by atoms with van der Waals surface area (Å²) in [6, 6.07) is 14.9. The lowest BCUT2D eigenvalue weighted by molar-refractivity contribution is -0.117. The molecular weight excluding hydrogens is 358 g/mol. The van der Waals surface area contributed by atoms with Crippen LogP contribution in [0.4, 0.5) is 0 Å². The smallest absolute Gasteiger partial charge is 0.175 e. The van der Waals surface area contributed by atoms with Crippen LogP contribution < -0.4 is 0 Å². The standard InChI is InChI=1S/C22H25NO3S/c1-15-6-5-7-17(12-15)21-20(13-18(22(21)24)14-23(2)3)16-8-10-19(11-9-16)27(4,25)26/h5-12,18H,13-14H2,1-4H3. The molecule has 0 saturated carbocycles. The van der Waals surface area contributed by atoms with Crippen LogP contribution in [-0.2, 0) is 14.6 Å². The highest BCUT2D eigenvalue weighted by Crippen LogP contribution is 2.41. The number of aryl methyl sites for hydroxylation is 1. The Morgan fingerprint density at radius 1 is 1.04 bits per heavy atom. The number of carbonyl (C=O) groups excluding carboxylic acids is 1. The lowest BCUT2D eigenvalue weighted by atomic mass is 9.95. The maximum absolute atomic E-state index is 13.2. The number of nitrogens with zero attached hydrogens (tertiary/aromatic N) is 1. The first-order valence-corrected chi connectivity index (χ1v) is 10.9. The molecule has 2 aromatic carbocycles. The average Bonchev–Trinajstić information content (AvgIpc) is 2.90. The summed E-state index contributed by atoms with van der Waals surface area (Å²) in [5.74, 6) is 0.0802. The Kier molecular flexibility index (Phi) is 5.36. The lowest BCUT2D eigenvalue weighted by Gasteiger charge is -2.15. The fourth-order valence-electron chi connectivity index (χ4n) is 3.66. The van der Waals surface area contributed by atoms with Crippen LogP contribution in [0.25, 0.3) is 11.1 Å². The highest BCUT2D eigenvalue weighted by molar-refractivity contribution is 7.90. The van der Waals surface area contributed by atoms with Gasteiger partial charge < -0.3 is 4.90 Å². The van der Waals surface area contributed by atoms with E-state index in [1.165, 1.54) is 6.26 Å². The van der Waals surface area contributed by atoms with E-state index in [4.69, 9.17) is 0 Å². The highest BCUT2D eigenvalue weighted by atomic mass is 32.2. The number of rotatable bonds is 5. The summed E-state index contributed by atoms with van der Waals surface area (Å²) in [4.78, 5) is 15.5. The molecule has 3 rings (SSSR count). The number of hydrogen-bond acceptors (Lipinski definition) is 4. The second-order valence-corrected chi connectivity index (χ2v) is 9.56. The summed E-state index contributed by atoms with van der Waals surface area (Å²) in [5.41, 5.74) is 4.71. The third-order valence-corrected chi connectivity index (χ3v) is 6.02. The van der Waals surface area contributed by atoms with Crippen LogP contribution in [0.3, 0.4) is 0 Å². The van der Waals surface area contributed by atoms with Crippen LogP contribution in [0.1, 0.15) is 23.1 Å². The number of Topliss-reactive ketones (excluding diaryl/α,β-unsaturated/α-hetero) is 1. The Balaban J connectivity index is 2.10. The molecule has 1 unspecified atom stereocenters. The minimum Gasteiger partial charge on any atom is -0.309 e. The number of ketones is 1. The van der Waals surface area contributed by atoms with Crippen molar-refractivity contribution in [3.05, 3.63) is 65.2 Å². The molecule has 1 aliphatic carbocycles. The highest BCUT2D eigenvalue weighted by Gasteiger charge is 2.34. The maximum atomic E-state index is 13.2. The van der Waals surface area contributed by atoms with Gasteiger partial charge in [-0.05, 0) is 56.3 Å². The molecule has 2 aromatic rings. The van der Waals surface area contributed by atoms with Gasteiger partial charge in [-0.25, -0.2) is 8.42 Å². The molecule has 0 aliphatic heterocycles. The van der Waals surface area contributed by atoms with Crippen molar-refractivity contribution >= 4 is 26.8 Å². The minimum absolute atomic E-state index is 0.0832. The van der Waals surface area contributed by atoms with Crippen molar-refractivity contribution in [3.8, 4) is 0 Å². The summed E-state index contributed by atoms with van der Waals surface area (Å²) in [6.07, 6.45) is 1.87. The fourth-order valence-corrected chi connectivity index (χ4v) is 4.30. The van der Waals surface area contributed by atoms with Crippen LogP contribution >= 0.6 is 0 Å². The molecule has 27 heavy (non-hydrogen) atoms. The zero-order valence-corrected chi connectivity index (χ0v) is 17.0. The second kappa shape index (κ2) is 7.41. The Bertz CT molecular complexity index is 1000. The summed E-state index contributed by atoms with van der Waals surface area (Å²) in [7, 11) is 0.700. The Hall–Kier alpha value is -2.24. The molecule has 0 N–H and O–H groups in total. The third kappa shape index (κ3) is 4.20. The van der Waals surface area contributed by atoms with Gasteiger partial charge in [0, 0.05) is 24.3 Å². The molecule has 1 aliphatic rings. The molecule has 0 aromatic heterocycles. The molecule has 0 fully saturated rings. The molecule has 0 amide bonds.